The van der Waals surface area contributed by atoms with Gasteiger partial charge in [-0.15, -0.1) is 6.58 Å². The number of unbranched alkanes of at least 4 members (excludes halogenated alkanes) is 3. The fourth-order valence-corrected chi connectivity index (χ4v) is 5.37. The van der Waals surface area contributed by atoms with Crippen LogP contribution in [0.4, 0.5) is 0 Å². The molecule has 1 saturated carbocycles. The van der Waals surface area contributed by atoms with Crippen LogP contribution in [0.5, 0.6) is 0 Å². The van der Waals surface area contributed by atoms with Crippen molar-refractivity contribution in [1.82, 2.24) is 4.98 Å². The van der Waals surface area contributed by atoms with Gasteiger partial charge in [-0.25, -0.2) is 0 Å². The van der Waals surface area contributed by atoms with Crippen LogP contribution < -0.4 is 0 Å². The number of nitrogens with zero attached hydrogens (tertiary/aromatic N) is 1. The van der Waals surface area contributed by atoms with Crippen molar-refractivity contribution in [3.05, 3.63) is 66.4 Å². The average Bonchev–Trinajstić information content (AvgIpc) is 2.82. The van der Waals surface area contributed by atoms with Gasteiger partial charge in [0.1, 0.15) is 0 Å². The van der Waals surface area contributed by atoms with E-state index in [-0.39, 0.29) is 0 Å². The first-order valence-corrected chi connectivity index (χ1v) is 12.9. The molecule has 2 aromatic rings. The molecule has 1 aromatic heterocycles. The molecule has 1 heterocycles. The average molecular weight is 418 g/mol. The molecule has 0 saturated heterocycles. The summed E-state index contributed by atoms with van der Waals surface area (Å²) < 4.78 is 0. The van der Waals surface area contributed by atoms with E-state index < -0.39 is 0 Å². The number of hydrogen-bond acceptors (Lipinski definition) is 1. The van der Waals surface area contributed by atoms with E-state index in [1.807, 2.05) is 0 Å². The summed E-state index contributed by atoms with van der Waals surface area (Å²) in [5.74, 6) is 2.40. The zero-order chi connectivity index (χ0) is 21.9. The molecule has 3 rings (SSSR count). The third kappa shape index (κ3) is 7.06. The molecule has 0 spiro atoms. The third-order valence-electron chi connectivity index (χ3n) is 7.38. The van der Waals surface area contributed by atoms with Crippen LogP contribution in [0.25, 0.3) is 11.3 Å². The lowest BCUT2D eigenvalue weighted by Gasteiger charge is -2.34. The zero-order valence-electron chi connectivity index (χ0n) is 20.0. The predicted molar refractivity (Wildman–Crippen MR) is 135 cm³/mol. The van der Waals surface area contributed by atoms with Crippen LogP contribution in [-0.2, 0) is 6.42 Å². The summed E-state index contributed by atoms with van der Waals surface area (Å²) in [5.41, 5.74) is 5.14. The highest BCUT2D eigenvalue weighted by Gasteiger charge is 2.27. The van der Waals surface area contributed by atoms with Crippen LogP contribution in [0.3, 0.4) is 0 Å². The van der Waals surface area contributed by atoms with E-state index in [1.165, 1.54) is 80.9 Å². The Labute approximate surface area is 191 Å². The van der Waals surface area contributed by atoms with Gasteiger partial charge >= 0.3 is 0 Å². The second kappa shape index (κ2) is 12.8. The van der Waals surface area contributed by atoms with Gasteiger partial charge in [0.05, 0.1) is 5.69 Å². The summed E-state index contributed by atoms with van der Waals surface area (Å²) in [6.07, 6.45) is 20.1. The maximum absolute atomic E-state index is 4.73. The van der Waals surface area contributed by atoms with E-state index >= 15 is 0 Å². The molecule has 1 aliphatic carbocycles. The number of aromatic nitrogens is 1. The molecule has 0 aliphatic heterocycles. The largest absolute Gasteiger partial charge is 0.256 e. The topological polar surface area (TPSA) is 12.9 Å². The van der Waals surface area contributed by atoms with Gasteiger partial charge in [0.15, 0.2) is 0 Å². The number of hydrogen-bond donors (Lipinski definition) is 0. The van der Waals surface area contributed by atoms with E-state index in [9.17, 15) is 0 Å². The summed E-state index contributed by atoms with van der Waals surface area (Å²) in [6, 6.07) is 13.7. The summed E-state index contributed by atoms with van der Waals surface area (Å²) in [5, 5.41) is 0. The van der Waals surface area contributed by atoms with E-state index in [0.717, 1.165) is 30.4 Å². The molecule has 1 atom stereocenters. The maximum atomic E-state index is 4.73. The Morgan fingerprint density at radius 3 is 2.29 bits per heavy atom. The predicted octanol–water partition coefficient (Wildman–Crippen LogP) is 9.14. The molecule has 0 bridgehead atoms. The Kier molecular flexibility index (Phi) is 9.85. The first kappa shape index (κ1) is 23.8. The van der Waals surface area contributed by atoms with Gasteiger partial charge < -0.3 is 0 Å². The molecule has 1 aliphatic rings. The molecule has 1 nitrogen and oxygen atoms in total. The van der Waals surface area contributed by atoms with Gasteiger partial charge in [0.25, 0.3) is 0 Å². The summed E-state index contributed by atoms with van der Waals surface area (Å²) in [7, 11) is 0. The third-order valence-corrected chi connectivity index (χ3v) is 7.38. The molecule has 0 N–H and O–H groups in total. The number of rotatable bonds is 12. The lowest BCUT2D eigenvalue weighted by Crippen LogP contribution is -2.20. The van der Waals surface area contributed by atoms with Gasteiger partial charge in [0, 0.05) is 11.8 Å². The van der Waals surface area contributed by atoms with Crippen molar-refractivity contribution < 1.29 is 0 Å². The molecular weight excluding hydrogens is 374 g/mol. The van der Waals surface area contributed by atoms with Crippen LogP contribution in [-0.4, -0.2) is 4.98 Å². The van der Waals surface area contributed by atoms with E-state index in [1.54, 1.807) is 0 Å². The Morgan fingerprint density at radius 2 is 1.68 bits per heavy atom. The highest BCUT2D eigenvalue weighted by molar-refractivity contribution is 5.59. The van der Waals surface area contributed by atoms with Gasteiger partial charge in [-0.1, -0.05) is 95.2 Å². The number of pyridine rings is 1. The smallest absolute Gasteiger partial charge is 0.0702 e. The van der Waals surface area contributed by atoms with E-state index in [2.05, 4.69) is 69.1 Å². The van der Waals surface area contributed by atoms with Crippen LogP contribution in [0, 0.1) is 11.8 Å². The molecule has 0 radical (unpaired) electrons. The fourth-order valence-electron chi connectivity index (χ4n) is 5.37. The SMILES string of the molecule is C=CCC(c1ccc(-c2ccc(CCCC)cn2)cc1)[C@H]1CC[C@H](CCCCC)CC1. The van der Waals surface area contributed by atoms with Crippen molar-refractivity contribution in [3.8, 4) is 11.3 Å². The van der Waals surface area contributed by atoms with E-state index in [0.29, 0.717) is 5.92 Å². The zero-order valence-corrected chi connectivity index (χ0v) is 20.0. The normalized spacial score (nSPS) is 19.8. The van der Waals surface area contributed by atoms with Crippen molar-refractivity contribution in [2.24, 2.45) is 11.8 Å². The Hall–Kier alpha value is -1.89. The molecule has 1 fully saturated rings. The number of aryl methyl sites for hydroxylation is 1. The molecular formula is C30H43N. The number of allylic oxidation sites excluding steroid dienone is 1. The summed E-state index contributed by atoms with van der Waals surface area (Å²) in [4.78, 5) is 4.73. The highest BCUT2D eigenvalue weighted by Crippen LogP contribution is 2.41. The van der Waals surface area contributed by atoms with Gasteiger partial charge in [-0.3, -0.25) is 4.98 Å². The van der Waals surface area contributed by atoms with Gasteiger partial charge in [-0.2, -0.15) is 0 Å². The lowest BCUT2D eigenvalue weighted by molar-refractivity contribution is 0.230. The molecule has 168 valence electrons. The van der Waals surface area contributed by atoms with Crippen LogP contribution in [0.15, 0.2) is 55.3 Å². The minimum Gasteiger partial charge on any atom is -0.256 e. The summed E-state index contributed by atoms with van der Waals surface area (Å²) >= 11 is 0. The van der Waals surface area contributed by atoms with Crippen molar-refractivity contribution in [2.75, 3.05) is 0 Å². The van der Waals surface area contributed by atoms with Crippen LogP contribution in [0.1, 0.15) is 102 Å². The molecule has 1 heteroatoms. The summed E-state index contributed by atoms with van der Waals surface area (Å²) in [6.45, 7) is 8.61. The van der Waals surface area contributed by atoms with Crippen molar-refractivity contribution in [2.45, 2.75) is 96.8 Å². The minimum absolute atomic E-state index is 0.618. The maximum Gasteiger partial charge on any atom is 0.0702 e. The van der Waals surface area contributed by atoms with Crippen molar-refractivity contribution in [1.29, 1.82) is 0 Å². The standard InChI is InChI=1S/C30H43N/c1-4-7-9-12-24-13-16-26(17-14-24)29(10-6-3)27-18-20-28(21-19-27)30-22-15-25(23-31-30)11-8-5-2/h6,15,18-24,26,29H,3-5,7-14,16-17H2,1-2H3/t24-,26-,29?. The van der Waals surface area contributed by atoms with Crippen molar-refractivity contribution in [3.63, 3.8) is 0 Å². The molecule has 1 unspecified atom stereocenters. The van der Waals surface area contributed by atoms with Crippen LogP contribution >= 0.6 is 0 Å². The first-order chi connectivity index (χ1) is 15.2. The van der Waals surface area contributed by atoms with E-state index in [4.69, 9.17) is 4.98 Å². The minimum atomic E-state index is 0.618. The number of benzene rings is 1. The Bertz CT molecular complexity index is 750. The van der Waals surface area contributed by atoms with Gasteiger partial charge in [0.2, 0.25) is 0 Å². The van der Waals surface area contributed by atoms with Crippen molar-refractivity contribution >= 4 is 0 Å². The quantitative estimate of drug-likeness (QED) is 0.248. The lowest BCUT2D eigenvalue weighted by atomic mass is 9.71. The van der Waals surface area contributed by atoms with Gasteiger partial charge in [-0.05, 0) is 67.1 Å². The Balaban J connectivity index is 1.61. The molecule has 31 heavy (non-hydrogen) atoms. The first-order valence-electron chi connectivity index (χ1n) is 12.9. The molecule has 1 aromatic carbocycles. The second-order valence-electron chi connectivity index (χ2n) is 9.68. The monoisotopic (exact) mass is 417 g/mol. The molecule has 0 amide bonds. The Morgan fingerprint density at radius 1 is 0.935 bits per heavy atom. The second-order valence-corrected chi connectivity index (χ2v) is 9.68. The fraction of sp³-hybridized carbons (Fsp3) is 0.567. The van der Waals surface area contributed by atoms with Crippen LogP contribution in [0.2, 0.25) is 0 Å². The highest BCUT2D eigenvalue weighted by atomic mass is 14.7.